The highest BCUT2D eigenvalue weighted by Gasteiger charge is 2.16. The van der Waals surface area contributed by atoms with Gasteiger partial charge in [0.2, 0.25) is 0 Å². The molecular formula is C19H33IN4O2. The van der Waals surface area contributed by atoms with Crippen LogP contribution in [0.4, 0.5) is 0 Å². The third-order valence-electron chi connectivity index (χ3n) is 4.75. The summed E-state index contributed by atoms with van der Waals surface area (Å²) in [5.74, 6) is 1.91. The summed E-state index contributed by atoms with van der Waals surface area (Å²) in [6, 6.07) is 6.49. The van der Waals surface area contributed by atoms with Crippen molar-refractivity contribution in [3.8, 4) is 11.5 Å². The van der Waals surface area contributed by atoms with Crippen LogP contribution in [0.2, 0.25) is 0 Å². The Hall–Kier alpha value is -1.22. The van der Waals surface area contributed by atoms with Crippen molar-refractivity contribution >= 4 is 29.9 Å². The molecule has 2 rings (SSSR count). The van der Waals surface area contributed by atoms with E-state index in [0.717, 1.165) is 25.1 Å². The monoisotopic (exact) mass is 476 g/mol. The van der Waals surface area contributed by atoms with Crippen molar-refractivity contribution in [2.75, 3.05) is 33.9 Å². The van der Waals surface area contributed by atoms with Crippen LogP contribution in [0.3, 0.4) is 0 Å². The number of aliphatic imine (C=N–C) groups is 1. The van der Waals surface area contributed by atoms with Gasteiger partial charge in [0.25, 0.3) is 0 Å². The Balaban J connectivity index is 0.00000338. The molecule has 26 heavy (non-hydrogen) atoms. The molecule has 3 N–H and O–H groups in total. The molecule has 1 unspecified atom stereocenters. The van der Waals surface area contributed by atoms with Gasteiger partial charge in [-0.25, -0.2) is 4.99 Å². The Morgan fingerprint density at radius 2 is 2.04 bits per heavy atom. The van der Waals surface area contributed by atoms with Crippen molar-refractivity contribution in [2.24, 2.45) is 10.7 Å². The number of guanidine groups is 1. The smallest absolute Gasteiger partial charge is 0.188 e. The molecule has 148 valence electrons. The van der Waals surface area contributed by atoms with Gasteiger partial charge in [0.1, 0.15) is 0 Å². The Kier molecular flexibility index (Phi) is 10.7. The van der Waals surface area contributed by atoms with E-state index in [2.05, 4.69) is 22.1 Å². The minimum absolute atomic E-state index is 0. The third-order valence-corrected chi connectivity index (χ3v) is 4.75. The first-order chi connectivity index (χ1) is 12.1. The van der Waals surface area contributed by atoms with Gasteiger partial charge >= 0.3 is 0 Å². The van der Waals surface area contributed by atoms with E-state index in [-0.39, 0.29) is 24.0 Å². The predicted octanol–water partition coefficient (Wildman–Crippen LogP) is 2.99. The maximum Gasteiger partial charge on any atom is 0.188 e. The van der Waals surface area contributed by atoms with E-state index in [9.17, 15) is 0 Å². The Bertz CT molecular complexity index is 568. The summed E-state index contributed by atoms with van der Waals surface area (Å²) in [5.41, 5.74) is 7.00. The first-order valence-electron chi connectivity index (χ1n) is 9.12. The van der Waals surface area contributed by atoms with Crippen LogP contribution in [-0.4, -0.2) is 50.8 Å². The maximum absolute atomic E-state index is 5.96. The second kappa shape index (κ2) is 12.2. The van der Waals surface area contributed by atoms with Crippen molar-refractivity contribution in [1.82, 2.24) is 10.2 Å². The lowest BCUT2D eigenvalue weighted by atomic mass is 10.0. The largest absolute Gasteiger partial charge is 0.493 e. The van der Waals surface area contributed by atoms with Crippen LogP contribution in [0.15, 0.2) is 23.2 Å². The number of benzene rings is 1. The molecule has 0 aromatic heterocycles. The Morgan fingerprint density at radius 3 is 2.73 bits per heavy atom. The minimum Gasteiger partial charge on any atom is -0.493 e. The van der Waals surface area contributed by atoms with Crippen LogP contribution in [-0.2, 0) is 6.54 Å². The van der Waals surface area contributed by atoms with Gasteiger partial charge in [-0.3, -0.25) is 0 Å². The SMILES string of the molecule is COc1ccc(CN=C(N)NCCCN2CCCCC2C)cc1OC.I. The summed E-state index contributed by atoms with van der Waals surface area (Å²) < 4.78 is 10.5. The second-order valence-electron chi connectivity index (χ2n) is 6.55. The third kappa shape index (κ3) is 7.19. The zero-order valence-electron chi connectivity index (χ0n) is 16.2. The average molecular weight is 476 g/mol. The normalized spacial score (nSPS) is 18.1. The molecule has 7 heteroatoms. The van der Waals surface area contributed by atoms with Crippen LogP contribution < -0.4 is 20.5 Å². The van der Waals surface area contributed by atoms with Crippen molar-refractivity contribution in [2.45, 2.75) is 45.2 Å². The number of methoxy groups -OCH3 is 2. The first-order valence-corrected chi connectivity index (χ1v) is 9.12. The van der Waals surface area contributed by atoms with Gasteiger partial charge < -0.3 is 25.4 Å². The molecule has 0 radical (unpaired) electrons. The van der Waals surface area contributed by atoms with E-state index in [1.807, 2.05) is 18.2 Å². The zero-order valence-corrected chi connectivity index (χ0v) is 18.5. The lowest BCUT2D eigenvalue weighted by Gasteiger charge is -2.33. The van der Waals surface area contributed by atoms with E-state index in [1.165, 1.54) is 25.8 Å². The second-order valence-corrected chi connectivity index (χ2v) is 6.55. The molecule has 0 amide bonds. The Labute approximate surface area is 174 Å². The number of hydrogen-bond acceptors (Lipinski definition) is 4. The fourth-order valence-electron chi connectivity index (χ4n) is 3.20. The van der Waals surface area contributed by atoms with E-state index in [0.29, 0.717) is 30.0 Å². The molecule has 1 aromatic rings. The number of piperidine rings is 1. The van der Waals surface area contributed by atoms with E-state index >= 15 is 0 Å². The molecule has 0 saturated carbocycles. The highest BCUT2D eigenvalue weighted by Crippen LogP contribution is 2.27. The summed E-state index contributed by atoms with van der Waals surface area (Å²) >= 11 is 0. The van der Waals surface area contributed by atoms with Crippen molar-refractivity contribution in [1.29, 1.82) is 0 Å². The summed E-state index contributed by atoms with van der Waals surface area (Å²) in [6.45, 7) is 6.04. The summed E-state index contributed by atoms with van der Waals surface area (Å²) in [5, 5.41) is 3.20. The number of ether oxygens (including phenoxy) is 2. The fraction of sp³-hybridized carbons (Fsp3) is 0.632. The standard InChI is InChI=1S/C19H32N4O2.HI/c1-15-7-4-5-11-23(15)12-6-10-21-19(20)22-14-16-8-9-17(24-2)18(13-16)25-3;/h8-9,13,15H,4-7,10-12,14H2,1-3H3,(H3,20,21,22);1H. The highest BCUT2D eigenvalue weighted by atomic mass is 127. The molecule has 0 bridgehead atoms. The lowest BCUT2D eigenvalue weighted by molar-refractivity contribution is 0.159. The molecule has 1 atom stereocenters. The van der Waals surface area contributed by atoms with Gasteiger partial charge in [0.15, 0.2) is 17.5 Å². The molecule has 6 nitrogen and oxygen atoms in total. The molecule has 1 heterocycles. The number of nitrogens with two attached hydrogens (primary N) is 1. The number of halogens is 1. The quantitative estimate of drug-likeness (QED) is 0.261. The highest BCUT2D eigenvalue weighted by molar-refractivity contribution is 14.0. The van der Waals surface area contributed by atoms with Crippen molar-refractivity contribution < 1.29 is 9.47 Å². The minimum atomic E-state index is 0. The fourth-order valence-corrected chi connectivity index (χ4v) is 3.20. The molecule has 0 spiro atoms. The van der Waals surface area contributed by atoms with E-state index in [1.54, 1.807) is 14.2 Å². The predicted molar refractivity (Wildman–Crippen MR) is 118 cm³/mol. The van der Waals surface area contributed by atoms with Gasteiger partial charge in [-0.2, -0.15) is 0 Å². The average Bonchev–Trinajstić information content (AvgIpc) is 2.64. The molecule has 1 aromatic carbocycles. The molecule has 0 aliphatic carbocycles. The first kappa shape index (κ1) is 22.8. The van der Waals surface area contributed by atoms with Crippen LogP contribution >= 0.6 is 24.0 Å². The summed E-state index contributed by atoms with van der Waals surface area (Å²) in [6.07, 6.45) is 5.09. The van der Waals surface area contributed by atoms with Crippen molar-refractivity contribution in [3.63, 3.8) is 0 Å². The number of nitrogens with zero attached hydrogens (tertiary/aromatic N) is 2. The van der Waals surface area contributed by atoms with Crippen LogP contribution in [0.1, 0.15) is 38.2 Å². The van der Waals surface area contributed by atoms with Gasteiger partial charge in [0.05, 0.1) is 20.8 Å². The summed E-state index contributed by atoms with van der Waals surface area (Å²) in [7, 11) is 3.26. The molecule has 1 aliphatic rings. The van der Waals surface area contributed by atoms with E-state index in [4.69, 9.17) is 15.2 Å². The summed E-state index contributed by atoms with van der Waals surface area (Å²) in [4.78, 5) is 6.97. The molecular weight excluding hydrogens is 443 g/mol. The van der Waals surface area contributed by atoms with Gasteiger partial charge in [-0.15, -0.1) is 24.0 Å². The lowest BCUT2D eigenvalue weighted by Crippen LogP contribution is -2.40. The molecule has 1 aliphatic heterocycles. The van der Waals surface area contributed by atoms with Gasteiger partial charge in [-0.05, 0) is 50.4 Å². The van der Waals surface area contributed by atoms with E-state index < -0.39 is 0 Å². The van der Waals surface area contributed by atoms with Crippen LogP contribution in [0.5, 0.6) is 11.5 Å². The number of likely N-dealkylation sites (tertiary alicyclic amines) is 1. The van der Waals surface area contributed by atoms with Gasteiger partial charge in [-0.1, -0.05) is 12.5 Å². The molecule has 1 saturated heterocycles. The van der Waals surface area contributed by atoms with Crippen LogP contribution in [0.25, 0.3) is 0 Å². The van der Waals surface area contributed by atoms with Crippen molar-refractivity contribution in [3.05, 3.63) is 23.8 Å². The Morgan fingerprint density at radius 1 is 1.27 bits per heavy atom. The van der Waals surface area contributed by atoms with Crippen LogP contribution in [0, 0.1) is 0 Å². The maximum atomic E-state index is 5.96. The zero-order chi connectivity index (χ0) is 18.1. The topological polar surface area (TPSA) is 72.1 Å². The van der Waals surface area contributed by atoms with Gasteiger partial charge in [0, 0.05) is 19.1 Å². The number of hydrogen-bond donors (Lipinski definition) is 2. The molecule has 1 fully saturated rings. The number of nitrogens with one attached hydrogen (secondary N) is 1. The number of rotatable bonds is 8.